The van der Waals surface area contributed by atoms with Crippen LogP contribution in [0, 0.1) is 0 Å². The molecule has 0 aliphatic heterocycles. The highest BCUT2D eigenvalue weighted by atomic mass is 28.4. The summed E-state index contributed by atoms with van der Waals surface area (Å²) in [4.78, 5) is 0. The van der Waals surface area contributed by atoms with E-state index in [1.54, 1.807) is 21.3 Å². The van der Waals surface area contributed by atoms with Crippen molar-refractivity contribution >= 4 is 8.80 Å². The minimum atomic E-state index is -2.32. The van der Waals surface area contributed by atoms with E-state index in [0.29, 0.717) is 0 Å². The molecule has 0 fully saturated rings. The Balaban J connectivity index is 3.43. The van der Waals surface area contributed by atoms with Gasteiger partial charge in [-0.05, 0) is 19.4 Å². The number of hydrogen-bond acceptors (Lipinski definition) is 4. The van der Waals surface area contributed by atoms with Gasteiger partial charge in [0.1, 0.15) is 0 Å². The van der Waals surface area contributed by atoms with E-state index in [0.717, 1.165) is 25.4 Å². The summed E-state index contributed by atoms with van der Waals surface area (Å²) in [6.45, 7) is 0.823. The second-order valence-electron chi connectivity index (χ2n) is 4.31. The van der Waals surface area contributed by atoms with Crippen molar-refractivity contribution in [3.05, 3.63) is 0 Å². The molecule has 0 atom stereocenters. The molecule has 0 heterocycles. The van der Waals surface area contributed by atoms with E-state index in [9.17, 15) is 0 Å². The maximum absolute atomic E-state index is 5.45. The van der Waals surface area contributed by atoms with Gasteiger partial charge in [0, 0.05) is 27.4 Å². The molecule has 0 bridgehead atoms. The quantitative estimate of drug-likeness (QED) is 0.434. The molecular weight excluding hydrogens is 234 g/mol. The molecule has 4 nitrogen and oxygen atoms in total. The van der Waals surface area contributed by atoms with Crippen LogP contribution in [0.2, 0.25) is 6.04 Å². The van der Waals surface area contributed by atoms with Crippen molar-refractivity contribution in [3.8, 4) is 0 Å². The molecule has 5 heteroatoms. The molecule has 0 unspecified atom stereocenters. The second kappa shape index (κ2) is 11.2. The average molecular weight is 263 g/mol. The van der Waals surface area contributed by atoms with Crippen LogP contribution < -0.4 is 5.73 Å². The van der Waals surface area contributed by atoms with Crippen LogP contribution in [-0.4, -0.2) is 36.7 Å². The standard InChI is InChI=1S/C12H29NO3Si/c1-14-17(15-2,16-3)12-10-8-6-4-5-7-9-11-13/h4-13H2,1-3H3. The van der Waals surface area contributed by atoms with Crippen molar-refractivity contribution in [1.82, 2.24) is 0 Å². The van der Waals surface area contributed by atoms with Crippen LogP contribution in [0.5, 0.6) is 0 Å². The third kappa shape index (κ3) is 7.89. The fourth-order valence-electron chi connectivity index (χ4n) is 1.93. The molecule has 0 rings (SSSR count). The number of rotatable bonds is 12. The fourth-order valence-corrected chi connectivity index (χ4v) is 3.72. The fraction of sp³-hybridized carbons (Fsp3) is 1.00. The van der Waals surface area contributed by atoms with Gasteiger partial charge >= 0.3 is 8.80 Å². The molecular formula is C12H29NO3Si. The van der Waals surface area contributed by atoms with Crippen molar-refractivity contribution in [2.24, 2.45) is 5.73 Å². The lowest BCUT2D eigenvalue weighted by Crippen LogP contribution is -2.42. The van der Waals surface area contributed by atoms with Crippen LogP contribution in [0.25, 0.3) is 0 Å². The summed E-state index contributed by atoms with van der Waals surface area (Å²) in [5.74, 6) is 0. The summed E-state index contributed by atoms with van der Waals surface area (Å²) in [7, 11) is 2.70. The van der Waals surface area contributed by atoms with E-state index < -0.39 is 8.80 Å². The third-order valence-corrected chi connectivity index (χ3v) is 5.95. The molecule has 104 valence electrons. The van der Waals surface area contributed by atoms with Gasteiger partial charge in [0.15, 0.2) is 0 Å². The molecule has 0 radical (unpaired) electrons. The molecule has 0 aromatic carbocycles. The van der Waals surface area contributed by atoms with Crippen molar-refractivity contribution in [3.63, 3.8) is 0 Å². The lowest BCUT2D eigenvalue weighted by molar-refractivity contribution is 0.122. The summed E-state index contributed by atoms with van der Waals surface area (Å²) < 4.78 is 16.1. The van der Waals surface area contributed by atoms with Gasteiger partial charge in [-0.2, -0.15) is 0 Å². The molecule has 0 saturated heterocycles. The molecule has 0 aromatic rings. The lowest BCUT2D eigenvalue weighted by Gasteiger charge is -2.24. The summed E-state index contributed by atoms with van der Waals surface area (Å²) in [5.41, 5.74) is 5.45. The monoisotopic (exact) mass is 263 g/mol. The molecule has 0 aliphatic rings. The van der Waals surface area contributed by atoms with Crippen LogP contribution in [0.4, 0.5) is 0 Å². The van der Waals surface area contributed by atoms with Gasteiger partial charge < -0.3 is 19.0 Å². The smallest absolute Gasteiger partial charge is 0.377 e. The summed E-state index contributed by atoms with van der Waals surface area (Å²) in [5, 5.41) is 0. The van der Waals surface area contributed by atoms with Gasteiger partial charge in [0.05, 0.1) is 0 Å². The summed E-state index contributed by atoms with van der Waals surface area (Å²) in [6.07, 6.45) is 8.68. The minimum Gasteiger partial charge on any atom is -0.377 e. The Labute approximate surface area is 107 Å². The zero-order chi connectivity index (χ0) is 13.0. The van der Waals surface area contributed by atoms with E-state index in [4.69, 9.17) is 19.0 Å². The van der Waals surface area contributed by atoms with E-state index in [1.165, 1.54) is 32.1 Å². The highest BCUT2D eigenvalue weighted by Gasteiger charge is 2.36. The van der Waals surface area contributed by atoms with Crippen molar-refractivity contribution in [2.45, 2.75) is 51.0 Å². The van der Waals surface area contributed by atoms with Gasteiger partial charge in [-0.1, -0.05) is 32.1 Å². The lowest BCUT2D eigenvalue weighted by atomic mass is 10.1. The van der Waals surface area contributed by atoms with Gasteiger partial charge in [-0.25, -0.2) is 0 Å². The molecule has 0 spiro atoms. The van der Waals surface area contributed by atoms with Gasteiger partial charge in [0.2, 0.25) is 0 Å². The first-order valence-electron chi connectivity index (χ1n) is 6.60. The van der Waals surface area contributed by atoms with Crippen LogP contribution in [0.15, 0.2) is 0 Å². The predicted octanol–water partition coefficient (Wildman–Crippen LogP) is 2.55. The number of hydrogen-bond donors (Lipinski definition) is 1. The van der Waals surface area contributed by atoms with Crippen molar-refractivity contribution in [2.75, 3.05) is 27.9 Å². The van der Waals surface area contributed by atoms with Crippen LogP contribution >= 0.6 is 0 Å². The first-order chi connectivity index (χ1) is 8.24. The zero-order valence-electron chi connectivity index (χ0n) is 11.7. The SMILES string of the molecule is CO[Si](CCCCCCCCCN)(OC)OC. The first-order valence-corrected chi connectivity index (χ1v) is 8.53. The first kappa shape index (κ1) is 17.1. The van der Waals surface area contributed by atoms with Crippen LogP contribution in [0.1, 0.15) is 44.9 Å². The topological polar surface area (TPSA) is 53.7 Å². The Morgan fingerprint density at radius 1 is 0.706 bits per heavy atom. The van der Waals surface area contributed by atoms with E-state index in [1.807, 2.05) is 0 Å². The van der Waals surface area contributed by atoms with Crippen LogP contribution in [0.3, 0.4) is 0 Å². The van der Waals surface area contributed by atoms with Crippen LogP contribution in [-0.2, 0) is 13.3 Å². The van der Waals surface area contributed by atoms with Gasteiger partial charge in [0.25, 0.3) is 0 Å². The molecule has 0 aliphatic carbocycles. The maximum atomic E-state index is 5.45. The van der Waals surface area contributed by atoms with E-state index >= 15 is 0 Å². The Kier molecular flexibility index (Phi) is 11.2. The van der Waals surface area contributed by atoms with Crippen molar-refractivity contribution in [1.29, 1.82) is 0 Å². The normalized spacial score (nSPS) is 12.0. The van der Waals surface area contributed by atoms with E-state index in [2.05, 4.69) is 0 Å². The molecule has 2 N–H and O–H groups in total. The predicted molar refractivity (Wildman–Crippen MR) is 73.0 cm³/mol. The van der Waals surface area contributed by atoms with E-state index in [-0.39, 0.29) is 0 Å². The van der Waals surface area contributed by atoms with Crippen molar-refractivity contribution < 1.29 is 13.3 Å². The third-order valence-electron chi connectivity index (χ3n) is 3.12. The number of unbranched alkanes of at least 4 members (excludes halogenated alkanes) is 6. The summed E-state index contributed by atoms with van der Waals surface area (Å²) >= 11 is 0. The largest absolute Gasteiger partial charge is 0.500 e. The van der Waals surface area contributed by atoms with Gasteiger partial charge in [-0.3, -0.25) is 0 Å². The minimum absolute atomic E-state index is 0.823. The second-order valence-corrected chi connectivity index (χ2v) is 7.40. The summed E-state index contributed by atoms with van der Waals surface area (Å²) in [6, 6.07) is 0.916. The Morgan fingerprint density at radius 3 is 1.53 bits per heavy atom. The molecule has 0 amide bonds. The highest BCUT2D eigenvalue weighted by Crippen LogP contribution is 2.18. The maximum Gasteiger partial charge on any atom is 0.500 e. The highest BCUT2D eigenvalue weighted by molar-refractivity contribution is 6.60. The molecule has 17 heavy (non-hydrogen) atoms. The Hall–Kier alpha value is 0.0569. The van der Waals surface area contributed by atoms with Gasteiger partial charge in [-0.15, -0.1) is 0 Å². The molecule has 0 aromatic heterocycles. The average Bonchev–Trinajstić information content (AvgIpc) is 2.38. The Morgan fingerprint density at radius 2 is 1.12 bits per heavy atom. The number of nitrogens with two attached hydrogens (primary N) is 1. The Bertz CT molecular complexity index is 158. The molecule has 0 saturated carbocycles. The zero-order valence-corrected chi connectivity index (χ0v) is 12.7.